The first-order valence-corrected chi connectivity index (χ1v) is 5.50. The SMILES string of the molecule is CN(C)Cc1ccc(-c2cc(C(=O)O)no2)cc1. The second-order valence-corrected chi connectivity index (χ2v) is 4.32. The van der Waals surface area contributed by atoms with Crippen molar-refractivity contribution >= 4 is 5.97 Å². The molecule has 0 radical (unpaired) electrons. The van der Waals surface area contributed by atoms with Gasteiger partial charge in [-0.25, -0.2) is 4.79 Å². The normalized spacial score (nSPS) is 10.8. The van der Waals surface area contributed by atoms with E-state index in [1.165, 1.54) is 11.6 Å². The van der Waals surface area contributed by atoms with Crippen LogP contribution in [-0.2, 0) is 6.54 Å². The van der Waals surface area contributed by atoms with Gasteiger partial charge in [0.15, 0.2) is 11.5 Å². The lowest BCUT2D eigenvalue weighted by Crippen LogP contribution is -2.10. The van der Waals surface area contributed by atoms with Crippen LogP contribution in [0, 0.1) is 0 Å². The van der Waals surface area contributed by atoms with Gasteiger partial charge in [-0.2, -0.15) is 0 Å². The number of rotatable bonds is 4. The predicted molar refractivity (Wildman–Crippen MR) is 66.3 cm³/mol. The quantitative estimate of drug-likeness (QED) is 0.894. The molecular weight excluding hydrogens is 232 g/mol. The van der Waals surface area contributed by atoms with Crippen molar-refractivity contribution < 1.29 is 14.4 Å². The molecule has 2 rings (SSSR count). The van der Waals surface area contributed by atoms with E-state index in [1.807, 2.05) is 38.4 Å². The van der Waals surface area contributed by atoms with Crippen molar-refractivity contribution in [3.8, 4) is 11.3 Å². The van der Waals surface area contributed by atoms with E-state index in [4.69, 9.17) is 9.63 Å². The van der Waals surface area contributed by atoms with Crippen molar-refractivity contribution in [1.82, 2.24) is 10.1 Å². The number of aromatic carboxylic acids is 1. The molecule has 0 bridgehead atoms. The Labute approximate surface area is 105 Å². The average molecular weight is 246 g/mol. The first-order valence-electron chi connectivity index (χ1n) is 5.50. The molecule has 18 heavy (non-hydrogen) atoms. The Morgan fingerprint density at radius 1 is 1.33 bits per heavy atom. The molecule has 0 aliphatic heterocycles. The molecule has 0 aliphatic rings. The fourth-order valence-electron chi connectivity index (χ4n) is 1.65. The minimum Gasteiger partial charge on any atom is -0.476 e. The average Bonchev–Trinajstić information content (AvgIpc) is 2.78. The third kappa shape index (κ3) is 2.75. The van der Waals surface area contributed by atoms with Crippen molar-refractivity contribution in [3.63, 3.8) is 0 Å². The lowest BCUT2D eigenvalue weighted by molar-refractivity contribution is 0.0686. The third-order valence-electron chi connectivity index (χ3n) is 2.47. The molecular formula is C13H14N2O3. The van der Waals surface area contributed by atoms with Crippen LogP contribution in [0.25, 0.3) is 11.3 Å². The highest BCUT2D eigenvalue weighted by molar-refractivity contribution is 5.86. The van der Waals surface area contributed by atoms with Gasteiger partial charge in [0.05, 0.1) is 0 Å². The van der Waals surface area contributed by atoms with Gasteiger partial charge in [0.25, 0.3) is 0 Å². The van der Waals surface area contributed by atoms with Gasteiger partial charge in [-0.1, -0.05) is 29.4 Å². The van der Waals surface area contributed by atoms with E-state index < -0.39 is 5.97 Å². The molecule has 0 unspecified atom stereocenters. The van der Waals surface area contributed by atoms with E-state index in [-0.39, 0.29) is 5.69 Å². The minimum absolute atomic E-state index is 0.0811. The molecule has 0 saturated carbocycles. The van der Waals surface area contributed by atoms with Crippen LogP contribution in [0.3, 0.4) is 0 Å². The van der Waals surface area contributed by atoms with E-state index in [2.05, 4.69) is 10.1 Å². The van der Waals surface area contributed by atoms with E-state index in [1.54, 1.807) is 0 Å². The summed E-state index contributed by atoms with van der Waals surface area (Å²) in [6, 6.07) is 9.18. The second kappa shape index (κ2) is 5.01. The van der Waals surface area contributed by atoms with Crippen LogP contribution in [0.15, 0.2) is 34.9 Å². The number of aromatic nitrogens is 1. The lowest BCUT2D eigenvalue weighted by Gasteiger charge is -2.09. The summed E-state index contributed by atoms with van der Waals surface area (Å²) in [5, 5.41) is 12.2. The smallest absolute Gasteiger partial charge is 0.358 e. The molecule has 0 aliphatic carbocycles. The molecule has 0 saturated heterocycles. The third-order valence-corrected chi connectivity index (χ3v) is 2.47. The van der Waals surface area contributed by atoms with Crippen molar-refractivity contribution in [3.05, 3.63) is 41.6 Å². The Morgan fingerprint density at radius 3 is 2.50 bits per heavy atom. The first kappa shape index (κ1) is 12.3. The second-order valence-electron chi connectivity index (χ2n) is 4.32. The monoisotopic (exact) mass is 246 g/mol. The van der Waals surface area contributed by atoms with Crippen LogP contribution in [0.1, 0.15) is 16.1 Å². The van der Waals surface area contributed by atoms with Gasteiger partial charge in [0.2, 0.25) is 0 Å². The van der Waals surface area contributed by atoms with Gasteiger partial charge < -0.3 is 14.5 Å². The van der Waals surface area contributed by atoms with Crippen molar-refractivity contribution in [2.45, 2.75) is 6.54 Å². The lowest BCUT2D eigenvalue weighted by atomic mass is 10.1. The summed E-state index contributed by atoms with van der Waals surface area (Å²) in [6.07, 6.45) is 0. The van der Waals surface area contributed by atoms with E-state index >= 15 is 0 Å². The molecule has 1 N–H and O–H groups in total. The zero-order valence-corrected chi connectivity index (χ0v) is 10.3. The Balaban J connectivity index is 2.20. The zero-order chi connectivity index (χ0) is 13.1. The molecule has 5 heteroatoms. The maximum Gasteiger partial charge on any atom is 0.358 e. The molecule has 0 spiro atoms. The Bertz CT molecular complexity index is 544. The fraction of sp³-hybridized carbons (Fsp3) is 0.231. The van der Waals surface area contributed by atoms with Gasteiger partial charge in [-0.15, -0.1) is 0 Å². The van der Waals surface area contributed by atoms with Crippen LogP contribution < -0.4 is 0 Å². The molecule has 94 valence electrons. The van der Waals surface area contributed by atoms with Gasteiger partial charge in [-0.3, -0.25) is 0 Å². The Hall–Kier alpha value is -2.14. The van der Waals surface area contributed by atoms with Gasteiger partial charge in [0, 0.05) is 18.2 Å². The van der Waals surface area contributed by atoms with Crippen LogP contribution in [0.5, 0.6) is 0 Å². The molecule has 0 fully saturated rings. The maximum absolute atomic E-state index is 10.7. The number of carbonyl (C=O) groups is 1. The molecule has 0 amide bonds. The fourth-order valence-corrected chi connectivity index (χ4v) is 1.65. The summed E-state index contributed by atoms with van der Waals surface area (Å²) in [6.45, 7) is 0.858. The Morgan fingerprint density at radius 2 is 2.00 bits per heavy atom. The van der Waals surface area contributed by atoms with Crippen molar-refractivity contribution in [2.24, 2.45) is 0 Å². The molecule has 1 aromatic carbocycles. The number of benzene rings is 1. The summed E-state index contributed by atoms with van der Waals surface area (Å²) < 4.78 is 4.99. The highest BCUT2D eigenvalue weighted by atomic mass is 16.5. The molecule has 2 aromatic rings. The standard InChI is InChI=1S/C13H14N2O3/c1-15(2)8-9-3-5-10(6-4-9)12-7-11(13(16)17)14-18-12/h3-7H,8H2,1-2H3,(H,16,17). The molecule has 1 aromatic heterocycles. The molecule has 1 heterocycles. The number of carboxylic acids is 1. The predicted octanol–water partition coefficient (Wildman–Crippen LogP) is 2.10. The van der Waals surface area contributed by atoms with E-state index in [9.17, 15) is 4.79 Å². The summed E-state index contributed by atoms with van der Waals surface area (Å²) in [5.74, 6) is -0.627. The van der Waals surface area contributed by atoms with Crippen LogP contribution in [-0.4, -0.2) is 35.2 Å². The van der Waals surface area contributed by atoms with Crippen LogP contribution in [0.2, 0.25) is 0 Å². The van der Waals surface area contributed by atoms with E-state index in [0.29, 0.717) is 5.76 Å². The van der Waals surface area contributed by atoms with Crippen molar-refractivity contribution in [2.75, 3.05) is 14.1 Å². The van der Waals surface area contributed by atoms with E-state index in [0.717, 1.165) is 12.1 Å². The van der Waals surface area contributed by atoms with Crippen molar-refractivity contribution in [1.29, 1.82) is 0 Å². The van der Waals surface area contributed by atoms with Gasteiger partial charge in [-0.05, 0) is 19.7 Å². The summed E-state index contributed by atoms with van der Waals surface area (Å²) in [4.78, 5) is 12.8. The molecule has 5 nitrogen and oxygen atoms in total. The summed E-state index contributed by atoms with van der Waals surface area (Å²) >= 11 is 0. The van der Waals surface area contributed by atoms with Crippen LogP contribution >= 0.6 is 0 Å². The number of hydrogen-bond acceptors (Lipinski definition) is 4. The maximum atomic E-state index is 10.7. The minimum atomic E-state index is -1.09. The Kier molecular flexibility index (Phi) is 3.43. The van der Waals surface area contributed by atoms with Gasteiger partial charge >= 0.3 is 5.97 Å². The first-order chi connectivity index (χ1) is 8.56. The number of hydrogen-bond donors (Lipinski definition) is 1. The van der Waals surface area contributed by atoms with Gasteiger partial charge in [0.1, 0.15) is 0 Å². The highest BCUT2D eigenvalue weighted by Crippen LogP contribution is 2.21. The topological polar surface area (TPSA) is 66.6 Å². The largest absolute Gasteiger partial charge is 0.476 e. The number of carboxylic acid groups (broad SMARTS) is 1. The molecule has 0 atom stereocenters. The highest BCUT2D eigenvalue weighted by Gasteiger charge is 2.11. The van der Waals surface area contributed by atoms with Crippen LogP contribution in [0.4, 0.5) is 0 Å². The summed E-state index contributed by atoms with van der Waals surface area (Å²) in [5.41, 5.74) is 1.92. The summed E-state index contributed by atoms with van der Waals surface area (Å²) in [7, 11) is 4.01. The zero-order valence-electron chi connectivity index (χ0n) is 10.3. The number of nitrogens with zero attached hydrogens (tertiary/aromatic N) is 2.